The van der Waals surface area contributed by atoms with Gasteiger partial charge in [0.05, 0.1) is 29.8 Å². The van der Waals surface area contributed by atoms with Gasteiger partial charge in [-0.05, 0) is 18.2 Å². The van der Waals surface area contributed by atoms with Crippen molar-refractivity contribution in [3.63, 3.8) is 0 Å². The summed E-state index contributed by atoms with van der Waals surface area (Å²) in [5.41, 5.74) is 0.660. The Morgan fingerprint density at radius 1 is 1.05 bits per heavy atom. The van der Waals surface area contributed by atoms with Gasteiger partial charge < -0.3 is 14.8 Å². The molecule has 6 nitrogen and oxygen atoms in total. The van der Waals surface area contributed by atoms with E-state index in [0.717, 1.165) is 0 Å². The number of halogens is 1. The third-order valence-corrected chi connectivity index (χ3v) is 2.87. The topological polar surface area (TPSA) is 81.7 Å². The highest BCUT2D eigenvalue weighted by atomic mass is 127. The van der Waals surface area contributed by atoms with E-state index in [2.05, 4.69) is 14.8 Å². The first-order valence-corrected chi connectivity index (χ1v) is 6.72. The van der Waals surface area contributed by atoms with E-state index in [-0.39, 0.29) is 21.5 Å². The molecule has 19 heavy (non-hydrogen) atoms. The number of alkyl halides is 1. The number of ether oxygens (including phenoxy) is 2. The highest BCUT2D eigenvalue weighted by molar-refractivity contribution is 14.1. The van der Waals surface area contributed by atoms with Crippen molar-refractivity contribution >= 4 is 46.1 Å². The molecule has 0 saturated carbocycles. The van der Waals surface area contributed by atoms with E-state index in [1.807, 2.05) is 22.6 Å². The van der Waals surface area contributed by atoms with E-state index in [0.29, 0.717) is 5.69 Å². The molecule has 102 valence electrons. The summed E-state index contributed by atoms with van der Waals surface area (Å²) in [5.74, 6) is -1.44. The van der Waals surface area contributed by atoms with E-state index < -0.39 is 11.9 Å². The Morgan fingerprint density at radius 2 is 1.53 bits per heavy atom. The van der Waals surface area contributed by atoms with Crippen molar-refractivity contribution in [3.05, 3.63) is 29.3 Å². The summed E-state index contributed by atoms with van der Waals surface area (Å²) < 4.78 is 9.43. The third-order valence-electron chi connectivity index (χ3n) is 2.18. The Hall–Kier alpha value is -1.64. The molecule has 0 aromatic heterocycles. The van der Waals surface area contributed by atoms with Gasteiger partial charge in [0.2, 0.25) is 5.91 Å². The van der Waals surface area contributed by atoms with Crippen molar-refractivity contribution in [3.8, 4) is 0 Å². The predicted octanol–water partition coefficient (Wildman–Crippen LogP) is 1.63. The Labute approximate surface area is 123 Å². The van der Waals surface area contributed by atoms with Crippen LogP contribution in [0.4, 0.5) is 5.69 Å². The molecule has 0 aliphatic heterocycles. The van der Waals surface area contributed by atoms with Gasteiger partial charge in [0, 0.05) is 5.69 Å². The Morgan fingerprint density at radius 3 is 1.89 bits per heavy atom. The van der Waals surface area contributed by atoms with Gasteiger partial charge in [-0.25, -0.2) is 9.59 Å². The number of hydrogen-bond acceptors (Lipinski definition) is 5. The average Bonchev–Trinajstić information content (AvgIpc) is 2.44. The third kappa shape index (κ3) is 4.19. The van der Waals surface area contributed by atoms with Crippen molar-refractivity contribution in [2.75, 3.05) is 24.0 Å². The molecule has 0 heterocycles. The molecule has 1 aromatic carbocycles. The van der Waals surface area contributed by atoms with Gasteiger partial charge in [0.1, 0.15) is 0 Å². The standard InChI is InChI=1S/C12H12INO5/c1-18-11(16)7-3-8(12(17)19-2)5-9(4-7)14-10(15)6-13/h3-5H,6H2,1-2H3,(H,14,15). The van der Waals surface area contributed by atoms with Crippen molar-refractivity contribution in [2.24, 2.45) is 0 Å². The van der Waals surface area contributed by atoms with Gasteiger partial charge in [0.15, 0.2) is 0 Å². The van der Waals surface area contributed by atoms with Crippen LogP contribution in [0.2, 0.25) is 0 Å². The fourth-order valence-corrected chi connectivity index (χ4v) is 1.56. The molecular weight excluding hydrogens is 365 g/mol. The lowest BCUT2D eigenvalue weighted by Crippen LogP contribution is -2.14. The minimum absolute atomic E-state index is 0.161. The second-order valence-corrected chi connectivity index (χ2v) is 4.23. The first-order valence-electron chi connectivity index (χ1n) is 5.19. The minimum atomic E-state index is -0.601. The van der Waals surface area contributed by atoms with E-state index >= 15 is 0 Å². The number of esters is 2. The summed E-state index contributed by atoms with van der Waals surface area (Å²) in [6.45, 7) is 0. The number of hydrogen-bond donors (Lipinski definition) is 1. The van der Waals surface area contributed by atoms with Crippen LogP contribution in [-0.4, -0.2) is 36.5 Å². The normalized spacial score (nSPS) is 9.63. The lowest BCUT2D eigenvalue weighted by Gasteiger charge is -2.08. The summed E-state index contributed by atoms with van der Waals surface area (Å²) in [5, 5.41) is 2.57. The maximum atomic E-state index is 11.5. The van der Waals surface area contributed by atoms with Crippen LogP contribution >= 0.6 is 22.6 Å². The summed E-state index contributed by atoms with van der Waals surface area (Å²) in [6, 6.07) is 4.21. The highest BCUT2D eigenvalue weighted by Crippen LogP contribution is 2.17. The molecule has 0 radical (unpaired) electrons. The predicted molar refractivity (Wildman–Crippen MR) is 76.6 cm³/mol. The molecule has 0 bridgehead atoms. The zero-order chi connectivity index (χ0) is 14.4. The van der Waals surface area contributed by atoms with Gasteiger partial charge in [-0.3, -0.25) is 4.79 Å². The molecule has 7 heteroatoms. The van der Waals surface area contributed by atoms with Crippen molar-refractivity contribution in [1.82, 2.24) is 0 Å². The highest BCUT2D eigenvalue weighted by Gasteiger charge is 2.14. The van der Waals surface area contributed by atoms with Crippen LogP contribution in [0, 0.1) is 0 Å². The number of carbonyl (C=O) groups is 3. The molecule has 1 N–H and O–H groups in total. The number of benzene rings is 1. The first kappa shape index (κ1) is 15.4. The Bertz CT molecular complexity index is 481. The van der Waals surface area contributed by atoms with Crippen LogP contribution < -0.4 is 5.32 Å². The van der Waals surface area contributed by atoms with Crippen LogP contribution in [0.1, 0.15) is 20.7 Å². The van der Waals surface area contributed by atoms with E-state index in [1.165, 1.54) is 32.4 Å². The molecule has 1 aromatic rings. The summed E-state index contributed by atoms with van der Waals surface area (Å²) >= 11 is 1.90. The molecule has 0 fully saturated rings. The monoisotopic (exact) mass is 377 g/mol. The van der Waals surface area contributed by atoms with Crippen molar-refractivity contribution < 1.29 is 23.9 Å². The van der Waals surface area contributed by atoms with Gasteiger partial charge in [-0.1, -0.05) is 22.6 Å². The van der Waals surface area contributed by atoms with Crippen LogP contribution in [0.25, 0.3) is 0 Å². The van der Waals surface area contributed by atoms with Gasteiger partial charge in [-0.15, -0.1) is 0 Å². The zero-order valence-electron chi connectivity index (χ0n) is 10.4. The summed E-state index contributed by atoms with van der Waals surface area (Å²) in [4.78, 5) is 34.3. The molecule has 1 amide bonds. The molecule has 0 saturated heterocycles. The Kier molecular flexibility index (Phi) is 5.74. The molecule has 1 rings (SSSR count). The molecular formula is C12H12INO5. The number of amides is 1. The second-order valence-electron chi connectivity index (χ2n) is 3.46. The SMILES string of the molecule is COC(=O)c1cc(NC(=O)CI)cc(C(=O)OC)c1. The summed E-state index contributed by atoms with van der Waals surface area (Å²) in [6.07, 6.45) is 0. The van der Waals surface area contributed by atoms with Crippen LogP contribution in [0.3, 0.4) is 0 Å². The van der Waals surface area contributed by atoms with Crippen molar-refractivity contribution in [1.29, 1.82) is 0 Å². The smallest absolute Gasteiger partial charge is 0.337 e. The largest absolute Gasteiger partial charge is 0.465 e. The van der Waals surface area contributed by atoms with E-state index in [4.69, 9.17) is 0 Å². The van der Waals surface area contributed by atoms with E-state index in [1.54, 1.807) is 0 Å². The quantitative estimate of drug-likeness (QED) is 0.490. The maximum absolute atomic E-state index is 11.5. The summed E-state index contributed by atoms with van der Waals surface area (Å²) in [7, 11) is 2.46. The van der Waals surface area contributed by atoms with Crippen LogP contribution in [0.15, 0.2) is 18.2 Å². The lowest BCUT2D eigenvalue weighted by atomic mass is 10.1. The van der Waals surface area contributed by atoms with Crippen molar-refractivity contribution in [2.45, 2.75) is 0 Å². The van der Waals surface area contributed by atoms with Crippen LogP contribution in [0.5, 0.6) is 0 Å². The number of carbonyl (C=O) groups excluding carboxylic acids is 3. The minimum Gasteiger partial charge on any atom is -0.465 e. The number of rotatable bonds is 4. The van der Waals surface area contributed by atoms with Gasteiger partial charge in [0.25, 0.3) is 0 Å². The van der Waals surface area contributed by atoms with E-state index in [9.17, 15) is 14.4 Å². The Balaban J connectivity index is 3.19. The molecule has 0 aliphatic carbocycles. The fraction of sp³-hybridized carbons (Fsp3) is 0.250. The maximum Gasteiger partial charge on any atom is 0.337 e. The first-order chi connectivity index (χ1) is 9.01. The van der Waals surface area contributed by atoms with Gasteiger partial charge in [-0.2, -0.15) is 0 Å². The van der Waals surface area contributed by atoms with Crippen LogP contribution in [-0.2, 0) is 14.3 Å². The second kappa shape index (κ2) is 7.07. The number of methoxy groups -OCH3 is 2. The number of anilines is 1. The molecule has 0 aliphatic rings. The lowest BCUT2D eigenvalue weighted by molar-refractivity contribution is -0.113. The molecule has 0 unspecified atom stereocenters. The molecule has 0 atom stereocenters. The number of nitrogens with one attached hydrogen (secondary N) is 1. The fourth-order valence-electron chi connectivity index (χ4n) is 1.37. The van der Waals surface area contributed by atoms with Gasteiger partial charge >= 0.3 is 11.9 Å². The zero-order valence-corrected chi connectivity index (χ0v) is 12.5. The average molecular weight is 377 g/mol. The molecule has 0 spiro atoms.